The molecule has 0 spiro atoms. The Balaban J connectivity index is 2.03. The van der Waals surface area contributed by atoms with Crippen LogP contribution < -0.4 is 10.1 Å². The summed E-state index contributed by atoms with van der Waals surface area (Å²) in [4.78, 5) is 0. The van der Waals surface area contributed by atoms with Gasteiger partial charge in [0.2, 0.25) is 0 Å². The van der Waals surface area contributed by atoms with Gasteiger partial charge in [0.1, 0.15) is 5.75 Å². The molecule has 0 bridgehead atoms. The van der Waals surface area contributed by atoms with E-state index in [1.165, 1.54) is 12.1 Å². The Labute approximate surface area is 131 Å². The average Bonchev–Trinajstić information content (AvgIpc) is 2.42. The molecule has 1 N–H and O–H groups in total. The van der Waals surface area contributed by atoms with Crippen LogP contribution in [0.3, 0.4) is 0 Å². The second-order valence-electron chi connectivity index (χ2n) is 4.46. The van der Waals surface area contributed by atoms with E-state index in [9.17, 15) is 8.78 Å². The lowest BCUT2D eigenvalue weighted by molar-refractivity contribution is -0.0497. The van der Waals surface area contributed by atoms with E-state index < -0.39 is 6.61 Å². The molecule has 2 rings (SSSR count). The van der Waals surface area contributed by atoms with E-state index in [4.69, 9.17) is 23.2 Å². The number of hydrogen-bond donors (Lipinski definition) is 1. The summed E-state index contributed by atoms with van der Waals surface area (Å²) < 4.78 is 28.5. The van der Waals surface area contributed by atoms with Gasteiger partial charge in [0.25, 0.3) is 0 Å². The maximum atomic E-state index is 12.1. The number of anilines is 1. The maximum absolute atomic E-state index is 12.1. The molecule has 2 aromatic rings. The second kappa shape index (κ2) is 6.96. The summed E-state index contributed by atoms with van der Waals surface area (Å²) in [5.74, 6) is -0.0457. The molecule has 0 fully saturated rings. The molecule has 0 aliphatic heterocycles. The number of rotatable bonds is 5. The van der Waals surface area contributed by atoms with Crippen LogP contribution in [-0.4, -0.2) is 6.61 Å². The van der Waals surface area contributed by atoms with Crippen molar-refractivity contribution < 1.29 is 13.5 Å². The zero-order chi connectivity index (χ0) is 15.4. The van der Waals surface area contributed by atoms with E-state index in [0.29, 0.717) is 17.3 Å². The van der Waals surface area contributed by atoms with Crippen LogP contribution in [0.15, 0.2) is 36.4 Å². The molecule has 0 heterocycles. The van der Waals surface area contributed by atoms with Crippen molar-refractivity contribution in [2.75, 3.05) is 5.32 Å². The highest BCUT2D eigenvalue weighted by atomic mass is 35.5. The highest BCUT2D eigenvalue weighted by Gasteiger charge is 2.09. The predicted molar refractivity (Wildman–Crippen MR) is 81.6 cm³/mol. The van der Waals surface area contributed by atoms with Crippen LogP contribution in [0.25, 0.3) is 0 Å². The normalized spacial score (nSPS) is 10.8. The summed E-state index contributed by atoms with van der Waals surface area (Å²) in [5, 5.41) is 3.97. The third kappa shape index (κ3) is 4.48. The molecule has 0 aliphatic carbocycles. The van der Waals surface area contributed by atoms with Gasteiger partial charge in [-0.15, -0.1) is 0 Å². The fraction of sp³-hybridized carbons (Fsp3) is 0.200. The Morgan fingerprint density at radius 3 is 2.48 bits per heavy atom. The minimum Gasteiger partial charge on any atom is -0.433 e. The minimum atomic E-state index is -2.89. The van der Waals surface area contributed by atoms with Crippen molar-refractivity contribution in [1.82, 2.24) is 0 Å². The molecule has 112 valence electrons. The van der Waals surface area contributed by atoms with Gasteiger partial charge in [0, 0.05) is 17.3 Å². The Morgan fingerprint density at radius 1 is 1.10 bits per heavy atom. The minimum absolute atomic E-state index is 0.0457. The van der Waals surface area contributed by atoms with Crippen molar-refractivity contribution >= 4 is 28.9 Å². The van der Waals surface area contributed by atoms with Crippen LogP contribution in [-0.2, 0) is 6.54 Å². The summed E-state index contributed by atoms with van der Waals surface area (Å²) in [6.07, 6.45) is 0. The zero-order valence-corrected chi connectivity index (χ0v) is 12.7. The summed E-state index contributed by atoms with van der Waals surface area (Å²) in [6, 6.07) is 10.3. The Morgan fingerprint density at radius 2 is 1.86 bits per heavy atom. The first-order valence-electron chi connectivity index (χ1n) is 6.19. The molecule has 0 unspecified atom stereocenters. The van der Waals surface area contributed by atoms with Crippen LogP contribution >= 0.6 is 23.2 Å². The molecule has 0 saturated carbocycles. The van der Waals surface area contributed by atoms with E-state index in [-0.39, 0.29) is 10.8 Å². The molecule has 2 aromatic carbocycles. The van der Waals surface area contributed by atoms with Gasteiger partial charge in [0.05, 0.1) is 5.02 Å². The third-order valence-electron chi connectivity index (χ3n) is 2.88. The van der Waals surface area contributed by atoms with Crippen LogP contribution in [0.4, 0.5) is 14.5 Å². The standard InChI is InChI=1S/C15H13Cl2F2NO/c1-9-2-3-10(6-12(9)16)8-20-11-4-5-14(13(17)7-11)21-15(18)19/h2-7,15,20H,8H2,1H3. The lowest BCUT2D eigenvalue weighted by Gasteiger charge is -2.11. The molecular formula is C15H13Cl2F2NO. The summed E-state index contributed by atoms with van der Waals surface area (Å²) in [7, 11) is 0. The SMILES string of the molecule is Cc1ccc(CNc2ccc(OC(F)F)c(Cl)c2)cc1Cl. The molecule has 2 nitrogen and oxygen atoms in total. The van der Waals surface area contributed by atoms with Crippen molar-refractivity contribution in [3.63, 3.8) is 0 Å². The highest BCUT2D eigenvalue weighted by Crippen LogP contribution is 2.29. The van der Waals surface area contributed by atoms with Crippen molar-refractivity contribution in [2.24, 2.45) is 0 Å². The molecule has 6 heteroatoms. The monoisotopic (exact) mass is 331 g/mol. The predicted octanol–water partition coefficient (Wildman–Crippen LogP) is 5.52. The number of ether oxygens (including phenoxy) is 1. The summed E-state index contributed by atoms with van der Waals surface area (Å²) >= 11 is 11.9. The first-order valence-corrected chi connectivity index (χ1v) is 6.94. The van der Waals surface area contributed by atoms with Crippen LogP contribution in [0, 0.1) is 6.92 Å². The fourth-order valence-electron chi connectivity index (χ4n) is 1.75. The molecule has 0 atom stereocenters. The number of aryl methyl sites for hydroxylation is 1. The van der Waals surface area contributed by atoms with Gasteiger partial charge in [-0.3, -0.25) is 0 Å². The maximum Gasteiger partial charge on any atom is 0.387 e. The van der Waals surface area contributed by atoms with E-state index in [1.54, 1.807) is 6.07 Å². The fourth-order valence-corrected chi connectivity index (χ4v) is 2.18. The molecule has 0 aliphatic rings. The molecule has 0 amide bonds. The van der Waals surface area contributed by atoms with Gasteiger partial charge in [-0.1, -0.05) is 35.3 Å². The number of nitrogens with one attached hydrogen (secondary N) is 1. The Kier molecular flexibility index (Phi) is 5.26. The van der Waals surface area contributed by atoms with Gasteiger partial charge in [-0.05, 0) is 42.3 Å². The van der Waals surface area contributed by atoms with Crippen LogP contribution in [0.1, 0.15) is 11.1 Å². The lowest BCUT2D eigenvalue weighted by Crippen LogP contribution is -2.03. The first kappa shape index (κ1) is 15.9. The molecule has 21 heavy (non-hydrogen) atoms. The zero-order valence-electron chi connectivity index (χ0n) is 11.2. The molecule has 0 radical (unpaired) electrons. The quantitative estimate of drug-likeness (QED) is 0.779. The molecular weight excluding hydrogens is 319 g/mol. The number of benzene rings is 2. The third-order valence-corrected chi connectivity index (χ3v) is 3.58. The lowest BCUT2D eigenvalue weighted by atomic mass is 10.1. The van der Waals surface area contributed by atoms with Gasteiger partial charge >= 0.3 is 6.61 Å². The van der Waals surface area contributed by atoms with Crippen LogP contribution in [0.2, 0.25) is 10.0 Å². The molecule has 0 saturated heterocycles. The van der Waals surface area contributed by atoms with Gasteiger partial charge in [-0.2, -0.15) is 8.78 Å². The van der Waals surface area contributed by atoms with Gasteiger partial charge in [0.15, 0.2) is 0 Å². The first-order chi connectivity index (χ1) is 9.95. The van der Waals surface area contributed by atoms with Gasteiger partial charge < -0.3 is 10.1 Å². The average molecular weight is 332 g/mol. The Bertz CT molecular complexity index is 635. The van der Waals surface area contributed by atoms with Crippen molar-refractivity contribution in [3.05, 3.63) is 57.6 Å². The second-order valence-corrected chi connectivity index (χ2v) is 5.28. The smallest absolute Gasteiger partial charge is 0.387 e. The van der Waals surface area contributed by atoms with Crippen LogP contribution in [0.5, 0.6) is 5.75 Å². The van der Waals surface area contributed by atoms with E-state index >= 15 is 0 Å². The van der Waals surface area contributed by atoms with Crippen molar-refractivity contribution in [3.8, 4) is 5.75 Å². The van der Waals surface area contributed by atoms with Crippen molar-refractivity contribution in [1.29, 1.82) is 0 Å². The van der Waals surface area contributed by atoms with Gasteiger partial charge in [-0.25, -0.2) is 0 Å². The van der Waals surface area contributed by atoms with E-state index in [1.807, 2.05) is 25.1 Å². The summed E-state index contributed by atoms with van der Waals surface area (Å²) in [5.41, 5.74) is 2.73. The van der Waals surface area contributed by atoms with E-state index in [2.05, 4.69) is 10.1 Å². The largest absolute Gasteiger partial charge is 0.433 e. The Hall–Kier alpha value is -1.52. The highest BCUT2D eigenvalue weighted by molar-refractivity contribution is 6.32. The number of hydrogen-bond acceptors (Lipinski definition) is 2. The molecule has 0 aromatic heterocycles. The number of halogens is 4. The van der Waals surface area contributed by atoms with Crippen molar-refractivity contribution in [2.45, 2.75) is 20.1 Å². The van der Waals surface area contributed by atoms with E-state index in [0.717, 1.165) is 11.1 Å². The number of alkyl halides is 2. The summed E-state index contributed by atoms with van der Waals surface area (Å²) in [6.45, 7) is -0.414. The topological polar surface area (TPSA) is 21.3 Å².